The lowest BCUT2D eigenvalue weighted by molar-refractivity contribution is 0.0944. The number of carbonyl (C=O) groups is 1. The van der Waals surface area contributed by atoms with Crippen molar-refractivity contribution in [1.29, 1.82) is 0 Å². The molecule has 0 aliphatic heterocycles. The maximum atomic E-state index is 12.3. The number of oxazole rings is 1. The first-order chi connectivity index (χ1) is 11.3. The van der Waals surface area contributed by atoms with Crippen molar-refractivity contribution in [2.24, 2.45) is 0 Å². The average Bonchev–Trinajstić information content (AvgIpc) is 3.09. The van der Waals surface area contributed by atoms with Gasteiger partial charge in [-0.05, 0) is 29.7 Å². The number of hydrogen-bond donors (Lipinski definition) is 2. The molecule has 8 nitrogen and oxygen atoms in total. The third kappa shape index (κ3) is 2.83. The van der Waals surface area contributed by atoms with Crippen molar-refractivity contribution < 1.29 is 9.21 Å². The molecule has 2 aromatic heterocycles. The van der Waals surface area contributed by atoms with Crippen LogP contribution in [0.4, 0.5) is 0 Å². The van der Waals surface area contributed by atoms with Crippen molar-refractivity contribution in [3.05, 3.63) is 47.7 Å². The highest BCUT2D eigenvalue weighted by Gasteiger charge is 2.32. The molecule has 1 fully saturated rings. The van der Waals surface area contributed by atoms with E-state index in [9.17, 15) is 4.79 Å². The Balaban J connectivity index is 1.45. The number of hydrogen-bond acceptors (Lipinski definition) is 6. The average molecular weight is 310 g/mol. The molecular weight excluding hydrogens is 296 g/mol. The van der Waals surface area contributed by atoms with Gasteiger partial charge in [-0.15, -0.1) is 10.2 Å². The van der Waals surface area contributed by atoms with Crippen molar-refractivity contribution in [1.82, 2.24) is 30.9 Å². The van der Waals surface area contributed by atoms with Gasteiger partial charge in [-0.25, -0.2) is 4.98 Å². The number of aromatic amines is 1. The zero-order chi connectivity index (χ0) is 15.6. The van der Waals surface area contributed by atoms with Crippen molar-refractivity contribution in [2.45, 2.75) is 25.3 Å². The number of tetrazole rings is 1. The van der Waals surface area contributed by atoms with E-state index < -0.39 is 0 Å². The van der Waals surface area contributed by atoms with E-state index in [1.54, 1.807) is 0 Å². The Morgan fingerprint density at radius 3 is 3.09 bits per heavy atom. The molecule has 0 spiro atoms. The van der Waals surface area contributed by atoms with E-state index in [1.807, 2.05) is 24.3 Å². The summed E-state index contributed by atoms with van der Waals surface area (Å²) in [6.07, 6.45) is 3.45. The molecule has 23 heavy (non-hydrogen) atoms. The zero-order valence-corrected chi connectivity index (χ0v) is 12.2. The zero-order valence-electron chi connectivity index (χ0n) is 12.2. The smallest absolute Gasteiger partial charge is 0.273 e. The van der Waals surface area contributed by atoms with Gasteiger partial charge in [0.2, 0.25) is 5.82 Å². The maximum Gasteiger partial charge on any atom is 0.273 e. The Kier molecular flexibility index (Phi) is 3.34. The second-order valence-corrected chi connectivity index (χ2v) is 5.46. The van der Waals surface area contributed by atoms with Crippen LogP contribution >= 0.6 is 0 Å². The van der Waals surface area contributed by atoms with Crippen molar-refractivity contribution in [3.63, 3.8) is 0 Å². The Morgan fingerprint density at radius 1 is 1.39 bits per heavy atom. The monoisotopic (exact) mass is 310 g/mol. The van der Waals surface area contributed by atoms with Crippen molar-refractivity contribution >= 4 is 5.91 Å². The highest BCUT2D eigenvalue weighted by molar-refractivity contribution is 5.93. The molecule has 0 bridgehead atoms. The minimum atomic E-state index is -0.217. The van der Waals surface area contributed by atoms with Crippen LogP contribution in [0.15, 0.2) is 35.1 Å². The summed E-state index contributed by atoms with van der Waals surface area (Å²) in [5.41, 5.74) is 2.17. The van der Waals surface area contributed by atoms with Gasteiger partial charge in [0, 0.05) is 18.0 Å². The van der Waals surface area contributed by atoms with Gasteiger partial charge in [0.1, 0.15) is 5.76 Å². The molecule has 1 aliphatic rings. The van der Waals surface area contributed by atoms with E-state index in [-0.39, 0.29) is 5.91 Å². The summed E-state index contributed by atoms with van der Waals surface area (Å²) in [5, 5.41) is 16.7. The van der Waals surface area contributed by atoms with Gasteiger partial charge < -0.3 is 9.73 Å². The Morgan fingerprint density at radius 2 is 2.30 bits per heavy atom. The van der Waals surface area contributed by atoms with Crippen LogP contribution in [0.5, 0.6) is 0 Å². The number of nitrogens with zero attached hydrogens (tertiary/aromatic N) is 4. The van der Waals surface area contributed by atoms with Gasteiger partial charge in [0.25, 0.3) is 5.91 Å². The van der Waals surface area contributed by atoms with E-state index in [0.29, 0.717) is 29.7 Å². The first-order valence-electron chi connectivity index (χ1n) is 7.35. The Hall–Kier alpha value is -3.03. The number of carbonyl (C=O) groups excluding carboxylic acids is 1. The number of nitrogens with one attached hydrogen (secondary N) is 2. The molecule has 2 N–H and O–H groups in total. The standard InChI is InChI=1S/C15H14N6O2/c22-15(12-13(10-4-5-10)23-8-17-12)16-7-9-2-1-3-11(6-9)14-18-20-21-19-14/h1-3,6,8,10H,4-5,7H2,(H,16,22)(H,18,19,20,21). The Labute approximate surface area is 131 Å². The van der Waals surface area contributed by atoms with Crippen molar-refractivity contribution in [3.8, 4) is 11.4 Å². The lowest BCUT2D eigenvalue weighted by Crippen LogP contribution is -2.24. The topological polar surface area (TPSA) is 110 Å². The fourth-order valence-corrected chi connectivity index (χ4v) is 2.43. The SMILES string of the molecule is O=C(NCc1cccc(-c2nn[nH]n2)c1)c1ncoc1C1CC1. The van der Waals surface area contributed by atoms with Gasteiger partial charge >= 0.3 is 0 Å². The van der Waals surface area contributed by atoms with E-state index in [4.69, 9.17) is 4.42 Å². The summed E-state index contributed by atoms with van der Waals surface area (Å²) in [7, 11) is 0. The predicted octanol–water partition coefficient (Wildman–Crippen LogP) is 1.66. The summed E-state index contributed by atoms with van der Waals surface area (Å²) in [6, 6.07) is 7.61. The minimum absolute atomic E-state index is 0.217. The van der Waals surface area contributed by atoms with Crippen LogP contribution in [0.3, 0.4) is 0 Å². The van der Waals surface area contributed by atoms with Gasteiger partial charge in [-0.2, -0.15) is 5.21 Å². The lowest BCUT2D eigenvalue weighted by atomic mass is 10.1. The Bertz CT molecular complexity index is 822. The number of rotatable bonds is 5. The third-order valence-electron chi connectivity index (χ3n) is 3.74. The fraction of sp³-hybridized carbons (Fsp3) is 0.267. The van der Waals surface area contributed by atoms with E-state index in [0.717, 1.165) is 24.0 Å². The van der Waals surface area contributed by atoms with Gasteiger partial charge in [-0.3, -0.25) is 4.79 Å². The molecule has 8 heteroatoms. The number of benzene rings is 1. The summed E-state index contributed by atoms with van der Waals surface area (Å²) in [6.45, 7) is 0.390. The third-order valence-corrected chi connectivity index (χ3v) is 3.74. The van der Waals surface area contributed by atoms with Gasteiger partial charge in [0.05, 0.1) is 0 Å². The molecule has 2 heterocycles. The molecule has 4 rings (SSSR count). The highest BCUT2D eigenvalue weighted by atomic mass is 16.3. The summed E-state index contributed by atoms with van der Waals surface area (Å²) in [5.74, 6) is 1.35. The maximum absolute atomic E-state index is 12.3. The minimum Gasteiger partial charge on any atom is -0.447 e. The summed E-state index contributed by atoms with van der Waals surface area (Å²) in [4.78, 5) is 16.3. The number of aromatic nitrogens is 5. The quantitative estimate of drug-likeness (QED) is 0.741. The van der Waals surface area contributed by atoms with E-state index >= 15 is 0 Å². The summed E-state index contributed by atoms with van der Waals surface area (Å²) < 4.78 is 5.33. The van der Waals surface area contributed by atoms with Gasteiger partial charge in [-0.1, -0.05) is 18.2 Å². The van der Waals surface area contributed by atoms with E-state index in [1.165, 1.54) is 6.39 Å². The summed E-state index contributed by atoms with van der Waals surface area (Å²) >= 11 is 0. The van der Waals surface area contributed by atoms with Crippen LogP contribution < -0.4 is 5.32 Å². The molecule has 0 unspecified atom stereocenters. The number of amides is 1. The molecule has 1 amide bonds. The van der Waals surface area contributed by atoms with Crippen LogP contribution in [-0.4, -0.2) is 31.5 Å². The molecule has 116 valence electrons. The molecule has 3 aromatic rings. The van der Waals surface area contributed by atoms with Crippen LogP contribution in [0, 0.1) is 0 Å². The van der Waals surface area contributed by atoms with E-state index in [2.05, 4.69) is 30.9 Å². The molecule has 1 aromatic carbocycles. The lowest BCUT2D eigenvalue weighted by Gasteiger charge is -2.05. The van der Waals surface area contributed by atoms with Crippen LogP contribution in [-0.2, 0) is 6.54 Å². The van der Waals surface area contributed by atoms with Crippen LogP contribution in [0.25, 0.3) is 11.4 Å². The van der Waals surface area contributed by atoms with Crippen molar-refractivity contribution in [2.75, 3.05) is 0 Å². The molecule has 0 radical (unpaired) electrons. The van der Waals surface area contributed by atoms with Crippen LogP contribution in [0.2, 0.25) is 0 Å². The first-order valence-corrected chi connectivity index (χ1v) is 7.35. The molecular formula is C15H14N6O2. The highest BCUT2D eigenvalue weighted by Crippen LogP contribution is 2.41. The number of H-pyrrole nitrogens is 1. The largest absolute Gasteiger partial charge is 0.447 e. The predicted molar refractivity (Wildman–Crippen MR) is 79.3 cm³/mol. The van der Waals surface area contributed by atoms with Crippen LogP contribution in [0.1, 0.15) is 40.6 Å². The molecule has 0 saturated heterocycles. The molecule has 1 saturated carbocycles. The second kappa shape index (κ2) is 5.64. The second-order valence-electron chi connectivity index (χ2n) is 5.46. The molecule has 1 aliphatic carbocycles. The normalized spacial score (nSPS) is 13.9. The first kappa shape index (κ1) is 13.6. The van der Waals surface area contributed by atoms with Gasteiger partial charge in [0.15, 0.2) is 12.1 Å². The fourth-order valence-electron chi connectivity index (χ4n) is 2.43. The molecule has 0 atom stereocenters.